The molecule has 0 spiro atoms. The summed E-state index contributed by atoms with van der Waals surface area (Å²) in [5.41, 5.74) is 5.31. The number of rotatable bonds is 4. The van der Waals surface area contributed by atoms with Gasteiger partial charge in [-0.25, -0.2) is 0 Å². The predicted molar refractivity (Wildman–Crippen MR) is 53.8 cm³/mol. The molecule has 0 saturated carbocycles. The third kappa shape index (κ3) is 2.41. The lowest BCUT2D eigenvalue weighted by Gasteiger charge is -2.14. The minimum Gasteiger partial charge on any atom is -0.324 e. The van der Waals surface area contributed by atoms with Gasteiger partial charge in [0.05, 0.1) is 6.61 Å². The average molecular weight is 198 g/mol. The van der Waals surface area contributed by atoms with Crippen molar-refractivity contribution in [2.45, 2.75) is 6.92 Å². The Bertz CT molecular complexity index is 300. The van der Waals surface area contributed by atoms with Crippen LogP contribution < -0.4 is 11.0 Å². The van der Waals surface area contributed by atoms with Crippen LogP contribution in [0.25, 0.3) is 0 Å². The Balaban J connectivity index is 2.96. The van der Waals surface area contributed by atoms with Gasteiger partial charge >= 0.3 is 0 Å². The van der Waals surface area contributed by atoms with E-state index in [9.17, 15) is 4.57 Å². The maximum absolute atomic E-state index is 12.0. The first kappa shape index (κ1) is 10.5. The highest BCUT2D eigenvalue weighted by Gasteiger charge is 2.23. The second kappa shape index (κ2) is 4.56. The first-order chi connectivity index (χ1) is 6.23. The van der Waals surface area contributed by atoms with E-state index in [1.807, 2.05) is 18.2 Å². The van der Waals surface area contributed by atoms with Crippen molar-refractivity contribution in [2.24, 2.45) is 5.73 Å². The summed E-state index contributed by atoms with van der Waals surface area (Å²) in [6, 6.07) is 8.98. The van der Waals surface area contributed by atoms with E-state index in [-0.39, 0.29) is 0 Å². The topological polar surface area (TPSA) is 52.3 Å². The van der Waals surface area contributed by atoms with Gasteiger partial charge in [-0.3, -0.25) is 4.57 Å². The number of hydrogen-bond donors (Lipinski definition) is 1. The quantitative estimate of drug-likeness (QED) is 0.749. The fourth-order valence-electron chi connectivity index (χ4n) is 1.03. The van der Waals surface area contributed by atoms with Crippen LogP contribution in [-0.4, -0.2) is 6.61 Å². The van der Waals surface area contributed by atoms with Crippen LogP contribution in [0.4, 0.5) is 0 Å². The largest absolute Gasteiger partial charge is 0.324 e. The molecule has 0 aliphatic carbocycles. The molecule has 0 saturated heterocycles. The molecule has 4 heteroatoms. The Kier molecular flexibility index (Phi) is 3.67. The first-order valence-electron chi connectivity index (χ1n) is 4.09. The molecule has 71 valence electrons. The van der Waals surface area contributed by atoms with Crippen LogP contribution in [0.2, 0.25) is 0 Å². The third-order valence-electron chi connectivity index (χ3n) is 1.63. The van der Waals surface area contributed by atoms with Crippen molar-refractivity contribution >= 4 is 12.7 Å². The lowest BCUT2D eigenvalue weighted by Crippen LogP contribution is -2.10. The van der Waals surface area contributed by atoms with Crippen LogP contribution >= 0.6 is 7.37 Å². The molecule has 0 bridgehead atoms. The molecule has 2 N–H and O–H groups in total. The van der Waals surface area contributed by atoms with Crippen LogP contribution in [0.15, 0.2) is 30.3 Å². The van der Waals surface area contributed by atoms with Crippen molar-refractivity contribution in [3.05, 3.63) is 36.6 Å². The Hall–Kier alpha value is -0.630. The molecule has 0 aliphatic rings. The van der Waals surface area contributed by atoms with Gasteiger partial charge in [-0.05, 0) is 19.1 Å². The summed E-state index contributed by atoms with van der Waals surface area (Å²) >= 11 is 0. The van der Waals surface area contributed by atoms with Gasteiger partial charge in [-0.2, -0.15) is 0 Å². The fourth-order valence-corrected chi connectivity index (χ4v) is 2.41. The molecule has 13 heavy (non-hydrogen) atoms. The molecule has 0 aliphatic heterocycles. The van der Waals surface area contributed by atoms with Crippen molar-refractivity contribution in [3.8, 4) is 0 Å². The van der Waals surface area contributed by atoms with Crippen molar-refractivity contribution in [1.29, 1.82) is 0 Å². The molecule has 1 rings (SSSR count). The van der Waals surface area contributed by atoms with Gasteiger partial charge in [0, 0.05) is 5.30 Å². The second-order valence-electron chi connectivity index (χ2n) is 2.50. The lowest BCUT2D eigenvalue weighted by atomic mass is 10.4. The van der Waals surface area contributed by atoms with Crippen molar-refractivity contribution < 1.29 is 9.09 Å². The summed E-state index contributed by atoms with van der Waals surface area (Å²) in [4.78, 5) is 0. The first-order valence-corrected chi connectivity index (χ1v) is 5.78. The monoisotopic (exact) mass is 198 g/mol. The molecule has 1 radical (unpaired) electrons. The number of nitrogens with two attached hydrogens (primary N) is 1. The van der Waals surface area contributed by atoms with E-state index in [1.165, 1.54) is 0 Å². The molecule has 0 heterocycles. The molecule has 1 unspecified atom stereocenters. The van der Waals surface area contributed by atoms with Gasteiger partial charge in [0.15, 0.2) is 0 Å². The zero-order chi connectivity index (χ0) is 9.73. The van der Waals surface area contributed by atoms with Crippen molar-refractivity contribution in [1.82, 2.24) is 0 Å². The summed E-state index contributed by atoms with van der Waals surface area (Å²) in [5.74, 6) is 0. The molecule has 1 aromatic carbocycles. The van der Waals surface area contributed by atoms with Crippen LogP contribution in [0.5, 0.6) is 0 Å². The number of benzene rings is 1. The van der Waals surface area contributed by atoms with Gasteiger partial charge in [-0.15, -0.1) is 0 Å². The molecular weight excluding hydrogens is 185 g/mol. The van der Waals surface area contributed by atoms with Crippen LogP contribution in [0.1, 0.15) is 6.92 Å². The van der Waals surface area contributed by atoms with E-state index in [0.29, 0.717) is 11.9 Å². The summed E-state index contributed by atoms with van der Waals surface area (Å²) < 4.78 is 17.1. The van der Waals surface area contributed by atoms with Crippen molar-refractivity contribution in [2.75, 3.05) is 6.61 Å². The summed E-state index contributed by atoms with van der Waals surface area (Å²) in [6.45, 7) is 2.18. The summed E-state index contributed by atoms with van der Waals surface area (Å²) in [6.07, 6.45) is 1.14. The Labute approximate surface area is 78.4 Å². The highest BCUT2D eigenvalue weighted by atomic mass is 31.2. The minimum absolute atomic E-state index is 0.389. The van der Waals surface area contributed by atoms with Crippen LogP contribution in [0, 0.1) is 6.29 Å². The van der Waals surface area contributed by atoms with E-state index in [1.54, 1.807) is 19.1 Å². The van der Waals surface area contributed by atoms with E-state index >= 15 is 0 Å². The van der Waals surface area contributed by atoms with Gasteiger partial charge < -0.3 is 10.3 Å². The molecule has 0 aromatic heterocycles. The van der Waals surface area contributed by atoms with Gasteiger partial charge in [0.25, 0.3) is 0 Å². The lowest BCUT2D eigenvalue weighted by molar-refractivity contribution is 0.344. The zero-order valence-electron chi connectivity index (χ0n) is 7.51. The maximum atomic E-state index is 12.0. The van der Waals surface area contributed by atoms with Crippen LogP contribution in [0.3, 0.4) is 0 Å². The van der Waals surface area contributed by atoms with Gasteiger partial charge in [0.1, 0.15) is 6.29 Å². The Morgan fingerprint density at radius 2 is 2.08 bits per heavy atom. The zero-order valence-corrected chi connectivity index (χ0v) is 8.41. The fraction of sp³-hybridized carbons (Fsp3) is 0.222. The SMILES string of the molecule is CCOP(=O)([CH]N)c1ccccc1. The normalized spacial score (nSPS) is 15.2. The highest BCUT2D eigenvalue weighted by molar-refractivity contribution is 7.68. The average Bonchev–Trinajstić information content (AvgIpc) is 2.19. The number of hydrogen-bond acceptors (Lipinski definition) is 3. The van der Waals surface area contributed by atoms with E-state index < -0.39 is 7.37 Å². The van der Waals surface area contributed by atoms with E-state index in [4.69, 9.17) is 10.3 Å². The Morgan fingerprint density at radius 1 is 1.46 bits per heavy atom. The molecule has 3 nitrogen and oxygen atoms in total. The minimum atomic E-state index is -2.90. The van der Waals surface area contributed by atoms with Crippen molar-refractivity contribution in [3.63, 3.8) is 0 Å². The third-order valence-corrected chi connectivity index (χ3v) is 3.69. The highest BCUT2D eigenvalue weighted by Crippen LogP contribution is 2.46. The molecule has 0 amide bonds. The summed E-state index contributed by atoms with van der Waals surface area (Å²) in [7, 11) is -2.90. The van der Waals surface area contributed by atoms with Crippen LogP contribution in [-0.2, 0) is 9.09 Å². The van der Waals surface area contributed by atoms with Gasteiger partial charge in [0.2, 0.25) is 7.37 Å². The predicted octanol–water partition coefficient (Wildman–Crippen LogP) is 1.70. The molecule has 0 fully saturated rings. The van der Waals surface area contributed by atoms with E-state index in [2.05, 4.69) is 0 Å². The molecule has 1 atom stereocenters. The van der Waals surface area contributed by atoms with Gasteiger partial charge in [-0.1, -0.05) is 18.2 Å². The second-order valence-corrected chi connectivity index (χ2v) is 4.77. The molecule has 1 aromatic rings. The van der Waals surface area contributed by atoms with E-state index in [0.717, 1.165) is 6.29 Å². The summed E-state index contributed by atoms with van der Waals surface area (Å²) in [5, 5.41) is 0.638. The maximum Gasteiger partial charge on any atom is 0.250 e. The molecular formula is C9H13NO2P. The smallest absolute Gasteiger partial charge is 0.250 e. The standard InChI is InChI=1S/C9H13NO2P/c1-2-12-13(11,8-10)9-6-4-3-5-7-9/h3-8H,2,10H2,1H3. The Morgan fingerprint density at radius 3 is 2.54 bits per heavy atom.